The van der Waals surface area contributed by atoms with Crippen LogP contribution in [0.25, 0.3) is 0 Å². The molecule has 0 spiro atoms. The van der Waals surface area contributed by atoms with E-state index in [0.29, 0.717) is 23.4 Å². The number of rotatable bonds is 7. The summed E-state index contributed by atoms with van der Waals surface area (Å²) >= 11 is 8.28. The second-order valence-electron chi connectivity index (χ2n) is 4.51. The summed E-state index contributed by atoms with van der Waals surface area (Å²) in [6.45, 7) is 5.87. The lowest BCUT2D eigenvalue weighted by atomic mass is 10.1. The minimum Gasteiger partial charge on any atom is -0.269 e. The van der Waals surface area contributed by atoms with Crippen LogP contribution < -0.4 is 0 Å². The van der Waals surface area contributed by atoms with Gasteiger partial charge in [-0.05, 0) is 25.5 Å². The van der Waals surface area contributed by atoms with Gasteiger partial charge in [-0.3, -0.25) is 14.5 Å². The predicted molar refractivity (Wildman–Crippen MR) is 96.4 cm³/mol. The van der Waals surface area contributed by atoms with E-state index in [0.717, 1.165) is 22.1 Å². The van der Waals surface area contributed by atoms with Crippen molar-refractivity contribution >= 4 is 51.1 Å². The Hall–Kier alpha value is -0.590. The van der Waals surface area contributed by atoms with Gasteiger partial charge in [0.2, 0.25) is 0 Å². The largest absolute Gasteiger partial charge is 0.269 e. The first-order valence-corrected chi connectivity index (χ1v) is 9.46. The molecule has 0 aromatic rings. The van der Waals surface area contributed by atoms with Crippen LogP contribution in [0.1, 0.15) is 40.0 Å². The Balaban J connectivity index is 2.60. The molecule has 21 heavy (non-hydrogen) atoms. The van der Waals surface area contributed by atoms with Gasteiger partial charge in [-0.25, -0.2) is 0 Å². The number of carbonyl (C=O) groups excluding carboxylic acids is 2. The van der Waals surface area contributed by atoms with Crippen molar-refractivity contribution in [1.29, 1.82) is 0 Å². The van der Waals surface area contributed by atoms with Gasteiger partial charge in [-0.2, -0.15) is 0 Å². The van der Waals surface area contributed by atoms with Gasteiger partial charge >= 0.3 is 0 Å². The molecule has 2 amide bonds. The second-order valence-corrected chi connectivity index (χ2v) is 7.75. The van der Waals surface area contributed by atoms with Crippen LogP contribution in [0.5, 0.6) is 0 Å². The van der Waals surface area contributed by atoms with Gasteiger partial charge in [0.05, 0.1) is 5.88 Å². The number of unbranched alkanes of at least 4 members (excludes halogenated alkanes) is 1. The molecular formula is C15H21NO2S3. The number of carbonyl (C=O) groups is 2. The van der Waals surface area contributed by atoms with Crippen LogP contribution in [0.2, 0.25) is 0 Å². The summed E-state index contributed by atoms with van der Waals surface area (Å²) in [5, 5.41) is 0. The highest BCUT2D eigenvalue weighted by molar-refractivity contribution is 8.47. The van der Waals surface area contributed by atoms with Gasteiger partial charge in [0.25, 0.3) is 11.8 Å². The van der Waals surface area contributed by atoms with Gasteiger partial charge in [0.15, 0.2) is 0 Å². The fourth-order valence-corrected chi connectivity index (χ4v) is 4.12. The van der Waals surface area contributed by atoms with Gasteiger partial charge in [0.1, 0.15) is 3.53 Å². The number of imide groups is 1. The Kier molecular flexibility index (Phi) is 8.29. The Labute approximate surface area is 140 Å². The number of thiocarbonyl (C=S) groups is 1. The van der Waals surface area contributed by atoms with E-state index in [-0.39, 0.29) is 11.8 Å². The summed E-state index contributed by atoms with van der Waals surface area (Å²) in [5.74, 6) is 0.917. The number of allylic oxidation sites excluding steroid dienone is 1. The highest BCUT2D eigenvalue weighted by Crippen LogP contribution is 2.28. The number of hydrogen-bond acceptors (Lipinski definition) is 5. The molecule has 1 aliphatic heterocycles. The van der Waals surface area contributed by atoms with E-state index in [2.05, 4.69) is 6.92 Å². The Morgan fingerprint density at radius 1 is 1.24 bits per heavy atom. The summed E-state index contributed by atoms with van der Waals surface area (Å²) in [7, 11) is 0. The van der Waals surface area contributed by atoms with Crippen LogP contribution in [0.4, 0.5) is 0 Å². The topological polar surface area (TPSA) is 37.4 Å². The maximum absolute atomic E-state index is 12.3. The summed E-state index contributed by atoms with van der Waals surface area (Å²) in [4.78, 5) is 25.8. The highest BCUT2D eigenvalue weighted by Gasteiger charge is 2.35. The molecule has 0 radical (unpaired) electrons. The Morgan fingerprint density at radius 3 is 2.52 bits per heavy atom. The lowest BCUT2D eigenvalue weighted by Crippen LogP contribution is -2.31. The third kappa shape index (κ3) is 4.97. The fourth-order valence-electron chi connectivity index (χ4n) is 1.90. The quantitative estimate of drug-likeness (QED) is 0.394. The third-order valence-corrected chi connectivity index (χ3v) is 5.79. The molecule has 116 valence electrons. The molecule has 3 nitrogen and oxygen atoms in total. The molecule has 1 heterocycles. The zero-order chi connectivity index (χ0) is 15.8. The van der Waals surface area contributed by atoms with Crippen LogP contribution in [-0.2, 0) is 9.59 Å². The van der Waals surface area contributed by atoms with Gasteiger partial charge < -0.3 is 0 Å². The molecule has 0 aromatic carbocycles. The predicted octanol–water partition coefficient (Wildman–Crippen LogP) is 4.15. The van der Waals surface area contributed by atoms with Crippen molar-refractivity contribution in [2.24, 2.45) is 0 Å². The SMILES string of the molecule is C/C=C\C1=C(CC)C(=O)N(CSC(=S)SCCCC)C1=O. The van der Waals surface area contributed by atoms with Crippen LogP contribution in [0.15, 0.2) is 23.3 Å². The number of hydrogen-bond donors (Lipinski definition) is 0. The molecule has 0 bridgehead atoms. The van der Waals surface area contributed by atoms with E-state index in [9.17, 15) is 9.59 Å². The first-order valence-electron chi connectivity index (χ1n) is 7.08. The second kappa shape index (κ2) is 9.43. The lowest BCUT2D eigenvalue weighted by Gasteiger charge is -2.14. The van der Waals surface area contributed by atoms with Crippen molar-refractivity contribution in [2.45, 2.75) is 40.0 Å². The number of thioether (sulfide) groups is 2. The van der Waals surface area contributed by atoms with Crippen molar-refractivity contribution in [2.75, 3.05) is 11.6 Å². The van der Waals surface area contributed by atoms with E-state index >= 15 is 0 Å². The molecule has 0 unspecified atom stereocenters. The van der Waals surface area contributed by atoms with Crippen LogP contribution in [0, 0.1) is 0 Å². The minimum absolute atomic E-state index is 0.176. The Morgan fingerprint density at radius 2 is 1.95 bits per heavy atom. The average Bonchev–Trinajstić information content (AvgIpc) is 2.68. The molecule has 0 N–H and O–H groups in total. The van der Waals surface area contributed by atoms with Gasteiger partial charge in [-0.15, -0.1) is 11.8 Å². The van der Waals surface area contributed by atoms with Gasteiger partial charge in [0, 0.05) is 11.1 Å². The van der Waals surface area contributed by atoms with Crippen LogP contribution in [-0.4, -0.2) is 31.9 Å². The highest BCUT2D eigenvalue weighted by atomic mass is 32.2. The summed E-state index contributed by atoms with van der Waals surface area (Å²) in [6.07, 6.45) is 6.34. The van der Waals surface area contributed by atoms with Gasteiger partial charge in [-0.1, -0.05) is 56.4 Å². The summed E-state index contributed by atoms with van der Waals surface area (Å²) in [5.41, 5.74) is 1.12. The maximum atomic E-state index is 12.3. The molecule has 0 aliphatic carbocycles. The molecule has 6 heteroatoms. The average molecular weight is 344 g/mol. The maximum Gasteiger partial charge on any atom is 0.261 e. The van der Waals surface area contributed by atoms with E-state index in [1.165, 1.54) is 16.7 Å². The number of amides is 2. The van der Waals surface area contributed by atoms with E-state index < -0.39 is 0 Å². The van der Waals surface area contributed by atoms with E-state index in [1.807, 2.05) is 13.8 Å². The van der Waals surface area contributed by atoms with Crippen LogP contribution in [0.3, 0.4) is 0 Å². The fraction of sp³-hybridized carbons (Fsp3) is 0.533. The van der Waals surface area contributed by atoms with Crippen molar-refractivity contribution in [3.05, 3.63) is 23.3 Å². The zero-order valence-corrected chi connectivity index (χ0v) is 15.1. The number of nitrogens with zero attached hydrogens (tertiary/aromatic N) is 1. The van der Waals surface area contributed by atoms with E-state index in [1.54, 1.807) is 23.9 Å². The molecule has 0 atom stereocenters. The smallest absolute Gasteiger partial charge is 0.261 e. The molecule has 0 aromatic heterocycles. The summed E-state index contributed by atoms with van der Waals surface area (Å²) < 4.78 is 0.793. The standard InChI is InChI=1S/C15H21NO2S3/c1-4-7-9-20-15(19)21-10-16-13(17)11(6-3)12(8-5-2)14(16)18/h5,8H,4,6-7,9-10H2,1-3H3/b8-5-. The minimum atomic E-state index is -0.205. The van der Waals surface area contributed by atoms with Crippen molar-refractivity contribution in [3.8, 4) is 0 Å². The Bertz CT molecular complexity index is 483. The molecular weight excluding hydrogens is 322 g/mol. The summed E-state index contributed by atoms with van der Waals surface area (Å²) in [6, 6.07) is 0. The van der Waals surface area contributed by atoms with Crippen molar-refractivity contribution < 1.29 is 9.59 Å². The zero-order valence-electron chi connectivity index (χ0n) is 12.7. The molecule has 0 fully saturated rings. The first-order chi connectivity index (χ1) is 10.1. The third-order valence-electron chi connectivity index (χ3n) is 3.02. The normalized spacial score (nSPS) is 15.7. The first kappa shape index (κ1) is 18.5. The van der Waals surface area contributed by atoms with Crippen molar-refractivity contribution in [3.63, 3.8) is 0 Å². The molecule has 1 rings (SSSR count). The molecule has 0 saturated heterocycles. The molecule has 1 aliphatic rings. The van der Waals surface area contributed by atoms with E-state index in [4.69, 9.17) is 12.2 Å². The monoisotopic (exact) mass is 343 g/mol. The van der Waals surface area contributed by atoms with Crippen LogP contribution >= 0.6 is 35.7 Å². The molecule has 0 saturated carbocycles. The lowest BCUT2D eigenvalue weighted by molar-refractivity contribution is -0.136. The van der Waals surface area contributed by atoms with Crippen molar-refractivity contribution in [1.82, 2.24) is 4.90 Å².